The molecule has 2 unspecified atom stereocenters. The number of halogens is 1. The molecule has 0 saturated carbocycles. The molecule has 0 amide bonds. The molecule has 0 saturated heterocycles. The minimum atomic E-state index is -1.28. The second kappa shape index (κ2) is 5.96. The Labute approximate surface area is 98.1 Å². The fraction of sp³-hybridized carbons (Fsp3) is 0.364. The molecule has 0 spiro atoms. The Morgan fingerprint density at radius 1 is 1.38 bits per heavy atom. The van der Waals surface area contributed by atoms with Crippen molar-refractivity contribution in [3.05, 3.63) is 34.3 Å². The van der Waals surface area contributed by atoms with E-state index in [9.17, 15) is 15.0 Å². The van der Waals surface area contributed by atoms with Gasteiger partial charge in [-0.15, -0.1) is 0 Å². The number of carbonyl (C=O) groups is 1. The number of hydrogen-bond donors (Lipinski definition) is 3. The molecule has 1 aromatic carbocycles. The number of rotatable bonds is 5. The highest BCUT2D eigenvalue weighted by Crippen LogP contribution is 2.28. The van der Waals surface area contributed by atoms with E-state index in [0.717, 1.165) is 0 Å². The smallest absolute Gasteiger partial charge is 0.150 e. The number of aliphatic hydroxyl groups excluding tert-OH is 3. The van der Waals surface area contributed by atoms with Gasteiger partial charge in [-0.1, -0.05) is 23.7 Å². The SMILES string of the molecule is O=Cc1cccc(Cl)c1C(O)C(O)CCO. The van der Waals surface area contributed by atoms with E-state index in [1.165, 1.54) is 12.1 Å². The summed E-state index contributed by atoms with van der Waals surface area (Å²) in [5, 5.41) is 28.2. The Hall–Kier alpha value is -0.940. The highest BCUT2D eigenvalue weighted by Gasteiger charge is 2.22. The van der Waals surface area contributed by atoms with Crippen molar-refractivity contribution >= 4 is 17.9 Å². The van der Waals surface area contributed by atoms with Crippen molar-refractivity contribution in [2.24, 2.45) is 0 Å². The molecule has 0 bridgehead atoms. The number of aliphatic hydroxyl groups is 3. The van der Waals surface area contributed by atoms with Gasteiger partial charge in [0.15, 0.2) is 0 Å². The van der Waals surface area contributed by atoms with Crippen molar-refractivity contribution in [2.75, 3.05) is 6.61 Å². The minimum Gasteiger partial charge on any atom is -0.396 e. The molecule has 0 aliphatic carbocycles. The summed E-state index contributed by atoms with van der Waals surface area (Å²) in [5.41, 5.74) is 0.428. The molecule has 0 fully saturated rings. The van der Waals surface area contributed by atoms with E-state index in [1.807, 2.05) is 0 Å². The largest absolute Gasteiger partial charge is 0.396 e. The molecule has 16 heavy (non-hydrogen) atoms. The molecule has 5 heteroatoms. The third-order valence-corrected chi connectivity index (χ3v) is 2.63. The maximum atomic E-state index is 10.8. The predicted molar refractivity (Wildman–Crippen MR) is 59.5 cm³/mol. The lowest BCUT2D eigenvalue weighted by molar-refractivity contribution is 0.00400. The van der Waals surface area contributed by atoms with E-state index < -0.39 is 12.2 Å². The summed E-state index contributed by atoms with van der Waals surface area (Å²) in [4.78, 5) is 10.8. The Kier molecular flexibility index (Phi) is 4.89. The lowest BCUT2D eigenvalue weighted by atomic mass is 9.98. The van der Waals surface area contributed by atoms with E-state index in [-0.39, 0.29) is 29.2 Å². The number of hydrogen-bond acceptors (Lipinski definition) is 4. The molecule has 4 nitrogen and oxygen atoms in total. The van der Waals surface area contributed by atoms with Gasteiger partial charge in [0.25, 0.3) is 0 Å². The normalized spacial score (nSPS) is 14.5. The summed E-state index contributed by atoms with van der Waals surface area (Å²) >= 11 is 5.85. The first kappa shape index (κ1) is 13.1. The lowest BCUT2D eigenvalue weighted by Crippen LogP contribution is -2.21. The van der Waals surface area contributed by atoms with Crippen LogP contribution >= 0.6 is 11.6 Å². The zero-order valence-electron chi connectivity index (χ0n) is 8.51. The van der Waals surface area contributed by atoms with Crippen molar-refractivity contribution in [3.63, 3.8) is 0 Å². The van der Waals surface area contributed by atoms with Gasteiger partial charge in [0.2, 0.25) is 0 Å². The molecule has 0 aliphatic heterocycles. The van der Waals surface area contributed by atoms with E-state index in [4.69, 9.17) is 16.7 Å². The van der Waals surface area contributed by atoms with Crippen LogP contribution in [0.2, 0.25) is 5.02 Å². The highest BCUT2D eigenvalue weighted by atomic mass is 35.5. The average Bonchev–Trinajstić information content (AvgIpc) is 2.28. The van der Waals surface area contributed by atoms with E-state index in [0.29, 0.717) is 6.29 Å². The maximum Gasteiger partial charge on any atom is 0.150 e. The summed E-state index contributed by atoms with van der Waals surface area (Å²) in [6.45, 7) is -0.251. The average molecular weight is 245 g/mol. The second-order valence-electron chi connectivity index (χ2n) is 3.39. The van der Waals surface area contributed by atoms with Gasteiger partial charge in [-0.25, -0.2) is 0 Å². The standard InChI is InChI=1S/C11H13ClO4/c12-8-3-1-2-7(6-14)10(8)11(16)9(15)4-5-13/h1-3,6,9,11,13,15-16H,4-5H2. The van der Waals surface area contributed by atoms with Crippen LogP contribution in [0.4, 0.5) is 0 Å². The van der Waals surface area contributed by atoms with Crippen LogP contribution in [-0.4, -0.2) is 34.3 Å². The molecule has 1 aromatic rings. The van der Waals surface area contributed by atoms with Crippen LogP contribution in [0.5, 0.6) is 0 Å². The molecule has 88 valence electrons. The van der Waals surface area contributed by atoms with Crippen LogP contribution < -0.4 is 0 Å². The van der Waals surface area contributed by atoms with Gasteiger partial charge in [-0.05, 0) is 12.5 Å². The molecule has 0 aromatic heterocycles. The van der Waals surface area contributed by atoms with Crippen molar-refractivity contribution in [1.82, 2.24) is 0 Å². The Morgan fingerprint density at radius 3 is 2.62 bits per heavy atom. The van der Waals surface area contributed by atoms with E-state index in [1.54, 1.807) is 6.07 Å². The lowest BCUT2D eigenvalue weighted by Gasteiger charge is -2.19. The van der Waals surface area contributed by atoms with Crippen LogP contribution in [0.15, 0.2) is 18.2 Å². The fourth-order valence-corrected chi connectivity index (χ4v) is 1.74. The quantitative estimate of drug-likeness (QED) is 0.674. The first-order valence-corrected chi connectivity index (χ1v) is 5.20. The molecular weight excluding hydrogens is 232 g/mol. The molecule has 3 N–H and O–H groups in total. The fourth-order valence-electron chi connectivity index (χ4n) is 1.45. The van der Waals surface area contributed by atoms with Gasteiger partial charge in [-0.3, -0.25) is 4.79 Å². The van der Waals surface area contributed by atoms with Gasteiger partial charge < -0.3 is 15.3 Å². The first-order valence-electron chi connectivity index (χ1n) is 4.82. The number of aldehydes is 1. The molecule has 0 radical (unpaired) electrons. The van der Waals surface area contributed by atoms with Crippen LogP contribution in [-0.2, 0) is 0 Å². The topological polar surface area (TPSA) is 77.8 Å². The van der Waals surface area contributed by atoms with Crippen LogP contribution in [0, 0.1) is 0 Å². The van der Waals surface area contributed by atoms with Crippen LogP contribution in [0.25, 0.3) is 0 Å². The monoisotopic (exact) mass is 244 g/mol. The molecular formula is C11H13ClO4. The van der Waals surface area contributed by atoms with Crippen molar-refractivity contribution < 1.29 is 20.1 Å². The van der Waals surface area contributed by atoms with Gasteiger partial charge in [0.1, 0.15) is 12.4 Å². The molecule has 2 atom stereocenters. The molecule has 0 heterocycles. The Morgan fingerprint density at radius 2 is 2.06 bits per heavy atom. The maximum absolute atomic E-state index is 10.8. The van der Waals surface area contributed by atoms with Crippen molar-refractivity contribution in [2.45, 2.75) is 18.6 Å². The third-order valence-electron chi connectivity index (χ3n) is 2.30. The molecule has 1 rings (SSSR count). The zero-order valence-corrected chi connectivity index (χ0v) is 9.26. The second-order valence-corrected chi connectivity index (χ2v) is 3.79. The zero-order chi connectivity index (χ0) is 12.1. The van der Waals surface area contributed by atoms with E-state index in [2.05, 4.69) is 0 Å². The predicted octanol–water partition coefficient (Wildman–Crippen LogP) is 0.929. The van der Waals surface area contributed by atoms with Crippen molar-refractivity contribution in [1.29, 1.82) is 0 Å². The summed E-state index contributed by atoms with van der Waals surface area (Å²) in [6, 6.07) is 4.61. The summed E-state index contributed by atoms with van der Waals surface area (Å²) in [7, 11) is 0. The number of carbonyl (C=O) groups excluding carboxylic acids is 1. The summed E-state index contributed by atoms with van der Waals surface area (Å²) < 4.78 is 0. The highest BCUT2D eigenvalue weighted by molar-refractivity contribution is 6.31. The van der Waals surface area contributed by atoms with Crippen LogP contribution in [0.3, 0.4) is 0 Å². The first-order chi connectivity index (χ1) is 7.61. The van der Waals surface area contributed by atoms with Gasteiger partial charge in [0.05, 0.1) is 6.10 Å². The summed E-state index contributed by atoms with van der Waals surface area (Å²) in [6.07, 6.45) is -1.84. The van der Waals surface area contributed by atoms with Crippen LogP contribution in [0.1, 0.15) is 28.4 Å². The Balaban J connectivity index is 3.06. The van der Waals surface area contributed by atoms with Gasteiger partial charge in [0, 0.05) is 22.8 Å². The minimum absolute atomic E-state index is 0.0185. The Bertz CT molecular complexity index is 367. The van der Waals surface area contributed by atoms with E-state index >= 15 is 0 Å². The van der Waals surface area contributed by atoms with Gasteiger partial charge in [-0.2, -0.15) is 0 Å². The van der Waals surface area contributed by atoms with Crippen molar-refractivity contribution in [3.8, 4) is 0 Å². The molecule has 0 aliphatic rings. The third kappa shape index (κ3) is 2.80. The number of benzene rings is 1. The summed E-state index contributed by atoms with van der Waals surface area (Å²) in [5.74, 6) is 0. The van der Waals surface area contributed by atoms with Gasteiger partial charge >= 0.3 is 0 Å².